The first kappa shape index (κ1) is 19.2. The molecule has 0 unspecified atom stereocenters. The second-order valence-electron chi connectivity index (χ2n) is 6.26. The number of rotatable bonds is 3. The summed E-state index contributed by atoms with van der Waals surface area (Å²) in [5.41, 5.74) is -0.636. The Labute approximate surface area is 153 Å². The van der Waals surface area contributed by atoms with Gasteiger partial charge in [0.25, 0.3) is 0 Å². The van der Waals surface area contributed by atoms with E-state index in [1.54, 1.807) is 0 Å². The average Bonchev–Trinajstić information content (AvgIpc) is 2.97. The predicted molar refractivity (Wildman–Crippen MR) is 95.1 cm³/mol. The van der Waals surface area contributed by atoms with Gasteiger partial charge >= 0.3 is 6.18 Å². The number of carbonyl (C=O) groups is 1. The van der Waals surface area contributed by atoms with E-state index in [0.29, 0.717) is 6.42 Å². The van der Waals surface area contributed by atoms with Gasteiger partial charge in [-0.25, -0.2) is 8.42 Å². The second-order valence-corrected chi connectivity index (χ2v) is 9.62. The highest BCUT2D eigenvalue weighted by Gasteiger charge is 2.49. The summed E-state index contributed by atoms with van der Waals surface area (Å²) >= 11 is 1.15. The standard InChI is InChI=1S/C16H17F3N2O3S2/c1-2-4-14(22)20-15-21(12-8-26(23,24)9-13(12)25-15)11-6-3-5-10(7-11)16(17,18)19/h3,5-7,12-13H,2,4,8-9H2,1H3/t12-,13-/m1/s1. The molecule has 2 atom stereocenters. The predicted octanol–water partition coefficient (Wildman–Crippen LogP) is 3.11. The number of nitrogens with zero attached hydrogens (tertiary/aromatic N) is 2. The first-order chi connectivity index (χ1) is 12.1. The van der Waals surface area contributed by atoms with Crippen LogP contribution in [0.3, 0.4) is 0 Å². The average molecular weight is 406 g/mol. The molecule has 0 aromatic heterocycles. The van der Waals surface area contributed by atoms with Crippen LogP contribution in [-0.4, -0.2) is 42.3 Å². The Morgan fingerprint density at radius 1 is 1.35 bits per heavy atom. The smallest absolute Gasteiger partial charge is 0.316 e. The van der Waals surface area contributed by atoms with Crippen LogP contribution in [0, 0.1) is 0 Å². The van der Waals surface area contributed by atoms with Gasteiger partial charge in [-0.2, -0.15) is 18.2 Å². The number of hydrogen-bond donors (Lipinski definition) is 0. The number of halogens is 3. The lowest BCUT2D eigenvalue weighted by molar-refractivity contribution is -0.137. The molecule has 0 saturated carbocycles. The maximum Gasteiger partial charge on any atom is 0.416 e. The normalized spacial score (nSPS) is 26.3. The Kier molecular flexibility index (Phi) is 5.08. The molecule has 2 saturated heterocycles. The zero-order valence-corrected chi connectivity index (χ0v) is 15.5. The van der Waals surface area contributed by atoms with Gasteiger partial charge in [0.15, 0.2) is 15.0 Å². The van der Waals surface area contributed by atoms with Gasteiger partial charge in [-0.3, -0.25) is 4.79 Å². The minimum absolute atomic E-state index is 0.0707. The largest absolute Gasteiger partial charge is 0.416 e. The lowest BCUT2D eigenvalue weighted by Crippen LogP contribution is -2.37. The van der Waals surface area contributed by atoms with E-state index in [0.717, 1.165) is 23.9 Å². The van der Waals surface area contributed by atoms with Crippen LogP contribution in [0.15, 0.2) is 29.3 Å². The number of carbonyl (C=O) groups excluding carboxylic acids is 1. The summed E-state index contributed by atoms with van der Waals surface area (Å²) in [6.45, 7) is 1.83. The lowest BCUT2D eigenvalue weighted by Gasteiger charge is -2.25. The molecule has 0 spiro atoms. The Bertz CT molecular complexity index is 853. The van der Waals surface area contributed by atoms with E-state index >= 15 is 0 Å². The van der Waals surface area contributed by atoms with Crippen molar-refractivity contribution in [2.45, 2.75) is 37.2 Å². The van der Waals surface area contributed by atoms with E-state index in [4.69, 9.17) is 0 Å². The fourth-order valence-corrected chi connectivity index (χ4v) is 7.01. The second kappa shape index (κ2) is 6.88. The number of hydrogen-bond acceptors (Lipinski definition) is 4. The number of benzene rings is 1. The van der Waals surface area contributed by atoms with Gasteiger partial charge in [0, 0.05) is 17.4 Å². The zero-order valence-electron chi connectivity index (χ0n) is 13.9. The van der Waals surface area contributed by atoms with Crippen LogP contribution in [0.25, 0.3) is 0 Å². The summed E-state index contributed by atoms with van der Waals surface area (Å²) in [4.78, 5) is 17.4. The van der Waals surface area contributed by atoms with Gasteiger partial charge in [-0.05, 0) is 24.6 Å². The molecule has 142 valence electrons. The molecule has 0 bridgehead atoms. The van der Waals surface area contributed by atoms with E-state index in [1.165, 1.54) is 17.0 Å². The van der Waals surface area contributed by atoms with E-state index in [1.807, 2.05) is 6.92 Å². The Balaban J connectivity index is 2.02. The molecule has 1 aromatic rings. The highest BCUT2D eigenvalue weighted by Crippen LogP contribution is 2.42. The number of fused-ring (bicyclic) bond motifs is 1. The minimum atomic E-state index is -4.51. The highest BCUT2D eigenvalue weighted by atomic mass is 32.2. The van der Waals surface area contributed by atoms with Crippen LogP contribution in [0.4, 0.5) is 18.9 Å². The van der Waals surface area contributed by atoms with Crippen molar-refractivity contribution in [1.29, 1.82) is 0 Å². The van der Waals surface area contributed by atoms with Crippen LogP contribution in [0.5, 0.6) is 0 Å². The lowest BCUT2D eigenvalue weighted by atomic mass is 10.1. The SMILES string of the molecule is CCCC(=O)N=C1S[C@@H]2CS(=O)(=O)C[C@H]2N1c1cccc(C(F)(F)F)c1. The van der Waals surface area contributed by atoms with E-state index < -0.39 is 27.6 Å². The molecule has 2 fully saturated rings. The number of aliphatic imine (C=N–C) groups is 1. The molecule has 2 aliphatic heterocycles. The summed E-state index contributed by atoms with van der Waals surface area (Å²) in [5.74, 6) is -0.601. The molecule has 1 amide bonds. The van der Waals surface area contributed by atoms with Crippen molar-refractivity contribution in [2.24, 2.45) is 4.99 Å². The summed E-state index contributed by atoms with van der Waals surface area (Å²) in [7, 11) is -3.27. The molecule has 3 rings (SSSR count). The van der Waals surface area contributed by atoms with Crippen LogP contribution in [-0.2, 0) is 20.8 Å². The molecular formula is C16H17F3N2O3S2. The summed E-state index contributed by atoms with van der Waals surface area (Å²) in [6.07, 6.45) is -3.68. The number of thioether (sulfide) groups is 1. The molecule has 2 heterocycles. The molecular weight excluding hydrogens is 389 g/mol. The summed E-state index contributed by atoms with van der Waals surface area (Å²) in [5, 5.41) is -0.0737. The Morgan fingerprint density at radius 3 is 2.73 bits per heavy atom. The summed E-state index contributed by atoms with van der Waals surface area (Å²) in [6, 6.07) is 4.14. The monoisotopic (exact) mass is 406 g/mol. The first-order valence-electron chi connectivity index (χ1n) is 8.06. The van der Waals surface area contributed by atoms with Crippen LogP contribution >= 0.6 is 11.8 Å². The van der Waals surface area contributed by atoms with Crippen molar-refractivity contribution in [3.05, 3.63) is 29.8 Å². The maximum absolute atomic E-state index is 13.0. The molecule has 2 aliphatic rings. The number of alkyl halides is 3. The topological polar surface area (TPSA) is 66.8 Å². The minimum Gasteiger partial charge on any atom is -0.316 e. The van der Waals surface area contributed by atoms with Gasteiger partial charge < -0.3 is 4.90 Å². The molecule has 10 heteroatoms. The van der Waals surface area contributed by atoms with Gasteiger partial charge in [0.2, 0.25) is 5.91 Å². The first-order valence-corrected chi connectivity index (χ1v) is 10.8. The fraction of sp³-hybridized carbons (Fsp3) is 0.500. The molecule has 1 aromatic carbocycles. The van der Waals surface area contributed by atoms with Crippen LogP contribution < -0.4 is 4.90 Å². The third kappa shape index (κ3) is 3.90. The third-order valence-corrected chi connectivity index (χ3v) is 7.41. The number of amidine groups is 1. The molecule has 5 nitrogen and oxygen atoms in total. The van der Waals surface area contributed by atoms with Gasteiger partial charge in [-0.1, -0.05) is 24.8 Å². The number of anilines is 1. The molecule has 0 radical (unpaired) electrons. The summed E-state index contributed by atoms with van der Waals surface area (Å²) < 4.78 is 63.1. The van der Waals surface area contributed by atoms with E-state index in [-0.39, 0.29) is 39.9 Å². The van der Waals surface area contributed by atoms with Crippen LogP contribution in [0.2, 0.25) is 0 Å². The quantitative estimate of drug-likeness (QED) is 0.772. The highest BCUT2D eigenvalue weighted by molar-refractivity contribution is 8.16. The van der Waals surface area contributed by atoms with E-state index in [2.05, 4.69) is 4.99 Å². The molecule has 26 heavy (non-hydrogen) atoms. The van der Waals surface area contributed by atoms with Crippen molar-refractivity contribution in [1.82, 2.24) is 0 Å². The van der Waals surface area contributed by atoms with Crippen molar-refractivity contribution in [2.75, 3.05) is 16.4 Å². The zero-order chi connectivity index (χ0) is 19.1. The fourth-order valence-electron chi connectivity index (χ4n) is 3.07. The van der Waals surface area contributed by atoms with Crippen molar-refractivity contribution >= 4 is 38.4 Å². The third-order valence-electron chi connectivity index (χ3n) is 4.20. The van der Waals surface area contributed by atoms with Crippen molar-refractivity contribution < 1.29 is 26.4 Å². The van der Waals surface area contributed by atoms with Crippen molar-refractivity contribution in [3.8, 4) is 0 Å². The van der Waals surface area contributed by atoms with Gasteiger partial charge in [0.05, 0.1) is 23.1 Å². The number of sulfone groups is 1. The molecule has 0 N–H and O–H groups in total. The molecule has 0 aliphatic carbocycles. The number of amides is 1. The Hall–Kier alpha value is -1.55. The van der Waals surface area contributed by atoms with Gasteiger partial charge in [-0.15, -0.1) is 0 Å². The maximum atomic E-state index is 13.0. The van der Waals surface area contributed by atoms with Crippen molar-refractivity contribution in [3.63, 3.8) is 0 Å². The Morgan fingerprint density at radius 2 is 2.08 bits per heavy atom. The van der Waals surface area contributed by atoms with E-state index in [9.17, 15) is 26.4 Å². The van der Waals surface area contributed by atoms with Gasteiger partial charge in [0.1, 0.15) is 0 Å². The van der Waals surface area contributed by atoms with Crippen LogP contribution in [0.1, 0.15) is 25.3 Å².